The number of carbonyl (C=O) groups is 2. The lowest BCUT2D eigenvalue weighted by molar-refractivity contribution is -0.146. The van der Waals surface area contributed by atoms with Crippen molar-refractivity contribution in [2.75, 3.05) is 6.54 Å². The van der Waals surface area contributed by atoms with E-state index in [9.17, 15) is 9.59 Å². The standard InChI is InChI=1S/C10H18ClNO3/c1-2-3-4-9(11)15-10(14)6-5-8(13)7-12/h9H,2-7,12H2,1H3. The van der Waals surface area contributed by atoms with Gasteiger partial charge < -0.3 is 10.5 Å². The molecule has 1 unspecified atom stereocenters. The summed E-state index contributed by atoms with van der Waals surface area (Å²) in [4.78, 5) is 21.9. The maximum absolute atomic E-state index is 11.1. The quantitative estimate of drug-likeness (QED) is 0.512. The number of nitrogens with two attached hydrogens (primary N) is 1. The molecule has 0 aliphatic heterocycles. The van der Waals surface area contributed by atoms with E-state index in [2.05, 4.69) is 0 Å². The molecule has 0 saturated heterocycles. The van der Waals surface area contributed by atoms with Crippen LogP contribution in [0.2, 0.25) is 0 Å². The van der Waals surface area contributed by atoms with Crippen molar-refractivity contribution in [3.63, 3.8) is 0 Å². The molecule has 5 heteroatoms. The Morgan fingerprint density at radius 2 is 2.07 bits per heavy atom. The normalized spacial score (nSPS) is 12.2. The number of hydrogen-bond donors (Lipinski definition) is 1. The van der Waals surface area contributed by atoms with Crippen molar-refractivity contribution in [1.29, 1.82) is 0 Å². The molecule has 1 atom stereocenters. The Labute approximate surface area is 95.1 Å². The molecule has 15 heavy (non-hydrogen) atoms. The van der Waals surface area contributed by atoms with E-state index in [-0.39, 0.29) is 25.2 Å². The molecule has 0 spiro atoms. The van der Waals surface area contributed by atoms with E-state index in [1.54, 1.807) is 0 Å². The Bertz CT molecular complexity index is 209. The second kappa shape index (κ2) is 8.68. The number of esters is 1. The highest BCUT2D eigenvalue weighted by molar-refractivity contribution is 6.20. The summed E-state index contributed by atoms with van der Waals surface area (Å²) < 4.78 is 4.88. The van der Waals surface area contributed by atoms with Gasteiger partial charge in [0.2, 0.25) is 0 Å². The monoisotopic (exact) mass is 235 g/mol. The number of ether oxygens (including phenoxy) is 1. The Morgan fingerprint density at radius 1 is 1.40 bits per heavy atom. The average Bonchev–Trinajstić information content (AvgIpc) is 2.22. The summed E-state index contributed by atoms with van der Waals surface area (Å²) in [6, 6.07) is 0. The summed E-state index contributed by atoms with van der Waals surface area (Å²) in [6.45, 7) is 2.00. The summed E-state index contributed by atoms with van der Waals surface area (Å²) in [5, 5.41) is 0. The third-order valence-electron chi connectivity index (χ3n) is 1.88. The van der Waals surface area contributed by atoms with Gasteiger partial charge in [-0.05, 0) is 12.8 Å². The number of alkyl halides is 1. The van der Waals surface area contributed by atoms with Gasteiger partial charge in [-0.1, -0.05) is 24.9 Å². The molecule has 0 heterocycles. The topological polar surface area (TPSA) is 69.4 Å². The minimum absolute atomic E-state index is 0.0343. The van der Waals surface area contributed by atoms with Gasteiger partial charge in [0.05, 0.1) is 13.0 Å². The highest BCUT2D eigenvalue weighted by atomic mass is 35.5. The van der Waals surface area contributed by atoms with Crippen LogP contribution in [0.5, 0.6) is 0 Å². The predicted octanol–water partition coefficient (Wildman–Crippen LogP) is 1.59. The Balaban J connectivity index is 3.59. The van der Waals surface area contributed by atoms with Gasteiger partial charge in [-0.3, -0.25) is 9.59 Å². The van der Waals surface area contributed by atoms with E-state index in [1.165, 1.54) is 0 Å². The molecule has 0 fully saturated rings. The first-order valence-corrected chi connectivity index (χ1v) is 5.59. The highest BCUT2D eigenvalue weighted by Gasteiger charge is 2.11. The number of halogens is 1. The average molecular weight is 236 g/mol. The molecule has 4 nitrogen and oxygen atoms in total. The van der Waals surface area contributed by atoms with Gasteiger partial charge in [-0.15, -0.1) is 0 Å². The van der Waals surface area contributed by atoms with Crippen molar-refractivity contribution in [3.05, 3.63) is 0 Å². The number of carbonyl (C=O) groups excluding carboxylic acids is 2. The lowest BCUT2D eigenvalue weighted by atomic mass is 10.2. The first-order valence-electron chi connectivity index (χ1n) is 5.15. The van der Waals surface area contributed by atoms with E-state index in [1.807, 2.05) is 6.92 Å². The van der Waals surface area contributed by atoms with Crippen molar-refractivity contribution in [2.24, 2.45) is 5.73 Å². The summed E-state index contributed by atoms with van der Waals surface area (Å²) in [5.41, 5.74) is 4.52. The SMILES string of the molecule is CCCCC(Cl)OC(=O)CCC(=O)CN. The van der Waals surface area contributed by atoms with Crippen molar-refractivity contribution in [1.82, 2.24) is 0 Å². The fraction of sp³-hybridized carbons (Fsp3) is 0.800. The van der Waals surface area contributed by atoms with Crippen LogP contribution in [0.25, 0.3) is 0 Å². The largest absolute Gasteiger partial charge is 0.446 e. The van der Waals surface area contributed by atoms with Crippen LogP contribution in [0.15, 0.2) is 0 Å². The number of ketones is 1. The zero-order valence-electron chi connectivity index (χ0n) is 9.00. The molecule has 0 aromatic carbocycles. The summed E-state index contributed by atoms with van der Waals surface area (Å²) in [6.07, 6.45) is 2.77. The second-order valence-electron chi connectivity index (χ2n) is 3.28. The van der Waals surface area contributed by atoms with Crippen LogP contribution in [0, 0.1) is 0 Å². The predicted molar refractivity (Wildman–Crippen MR) is 58.6 cm³/mol. The van der Waals surface area contributed by atoms with Gasteiger partial charge in [0.15, 0.2) is 5.56 Å². The van der Waals surface area contributed by atoms with Gasteiger partial charge in [0.25, 0.3) is 0 Å². The van der Waals surface area contributed by atoms with Crippen molar-refractivity contribution >= 4 is 23.4 Å². The van der Waals surface area contributed by atoms with E-state index in [4.69, 9.17) is 22.1 Å². The van der Waals surface area contributed by atoms with Crippen LogP contribution < -0.4 is 5.73 Å². The molecule has 0 saturated carbocycles. The van der Waals surface area contributed by atoms with Gasteiger partial charge in [0, 0.05) is 6.42 Å². The van der Waals surface area contributed by atoms with Gasteiger partial charge in [0.1, 0.15) is 5.78 Å². The molecule has 0 rings (SSSR count). The molecule has 0 aromatic rings. The number of Topliss-reactive ketones (excluding diaryl/α,β-unsaturated/α-hetero) is 1. The Hall–Kier alpha value is -0.610. The minimum atomic E-state index is -0.578. The molecule has 0 radical (unpaired) electrons. The molecule has 0 aromatic heterocycles. The zero-order chi connectivity index (χ0) is 11.7. The van der Waals surface area contributed by atoms with Crippen LogP contribution in [0.3, 0.4) is 0 Å². The number of hydrogen-bond acceptors (Lipinski definition) is 4. The summed E-state index contributed by atoms with van der Waals surface area (Å²) in [7, 11) is 0. The third-order valence-corrected chi connectivity index (χ3v) is 2.19. The highest BCUT2D eigenvalue weighted by Crippen LogP contribution is 2.10. The van der Waals surface area contributed by atoms with Crippen LogP contribution in [0.4, 0.5) is 0 Å². The number of unbranched alkanes of at least 4 members (excludes halogenated alkanes) is 1. The van der Waals surface area contributed by atoms with Crippen molar-refractivity contribution in [3.8, 4) is 0 Å². The Morgan fingerprint density at radius 3 is 2.60 bits per heavy atom. The lowest BCUT2D eigenvalue weighted by Crippen LogP contribution is -2.17. The summed E-state index contributed by atoms with van der Waals surface area (Å²) >= 11 is 5.75. The van der Waals surface area contributed by atoms with Crippen molar-refractivity contribution in [2.45, 2.75) is 44.6 Å². The molecule has 0 aliphatic rings. The maximum atomic E-state index is 11.1. The molecule has 0 amide bonds. The minimum Gasteiger partial charge on any atom is -0.446 e. The number of rotatable bonds is 8. The first-order chi connectivity index (χ1) is 7.10. The van der Waals surface area contributed by atoms with Crippen LogP contribution in [-0.2, 0) is 14.3 Å². The fourth-order valence-electron chi connectivity index (χ4n) is 0.969. The smallest absolute Gasteiger partial charge is 0.307 e. The molecule has 88 valence electrons. The second-order valence-corrected chi connectivity index (χ2v) is 3.77. The van der Waals surface area contributed by atoms with Crippen LogP contribution in [0.1, 0.15) is 39.0 Å². The zero-order valence-corrected chi connectivity index (χ0v) is 9.76. The molecule has 0 aliphatic carbocycles. The van der Waals surface area contributed by atoms with Gasteiger partial charge in [-0.25, -0.2) is 0 Å². The van der Waals surface area contributed by atoms with Gasteiger partial charge in [-0.2, -0.15) is 0 Å². The van der Waals surface area contributed by atoms with Crippen LogP contribution >= 0.6 is 11.6 Å². The first kappa shape index (κ1) is 14.4. The van der Waals surface area contributed by atoms with Crippen LogP contribution in [-0.4, -0.2) is 23.9 Å². The maximum Gasteiger partial charge on any atom is 0.307 e. The van der Waals surface area contributed by atoms with Gasteiger partial charge >= 0.3 is 5.97 Å². The summed E-state index contributed by atoms with van der Waals surface area (Å²) in [5.74, 6) is -0.584. The van der Waals surface area contributed by atoms with E-state index < -0.39 is 11.5 Å². The third kappa shape index (κ3) is 8.39. The van der Waals surface area contributed by atoms with E-state index >= 15 is 0 Å². The molecule has 0 bridgehead atoms. The molecular formula is C10H18ClNO3. The lowest BCUT2D eigenvalue weighted by Gasteiger charge is -2.10. The Kier molecular flexibility index (Phi) is 8.33. The van der Waals surface area contributed by atoms with Crippen molar-refractivity contribution < 1.29 is 14.3 Å². The fourth-order valence-corrected chi connectivity index (χ4v) is 1.22. The van der Waals surface area contributed by atoms with E-state index in [0.29, 0.717) is 6.42 Å². The molecule has 2 N–H and O–H groups in total. The van der Waals surface area contributed by atoms with E-state index in [0.717, 1.165) is 12.8 Å². The molecular weight excluding hydrogens is 218 g/mol.